The van der Waals surface area contributed by atoms with E-state index in [1.165, 1.54) is 56.3 Å². The number of carbonyl (C=O) groups is 2. The largest absolute Gasteiger partial charge is 0.497 e. The van der Waals surface area contributed by atoms with E-state index in [9.17, 15) is 9.59 Å². The van der Waals surface area contributed by atoms with Gasteiger partial charge in [0.25, 0.3) is 0 Å². The van der Waals surface area contributed by atoms with Crippen molar-refractivity contribution in [1.82, 2.24) is 15.1 Å². The molecule has 1 aliphatic heterocycles. The van der Waals surface area contributed by atoms with Crippen molar-refractivity contribution in [1.29, 1.82) is 0 Å². The molecule has 1 aliphatic rings. The summed E-state index contributed by atoms with van der Waals surface area (Å²) < 4.78 is 5.19. The summed E-state index contributed by atoms with van der Waals surface area (Å²) in [7, 11) is 1.63. The van der Waals surface area contributed by atoms with Crippen LogP contribution in [0.5, 0.6) is 5.75 Å². The highest BCUT2D eigenvalue weighted by Crippen LogP contribution is 2.29. The second-order valence-electron chi connectivity index (χ2n) is 8.95. The van der Waals surface area contributed by atoms with Gasteiger partial charge in [-0.1, -0.05) is 69.6 Å². The van der Waals surface area contributed by atoms with Gasteiger partial charge < -0.3 is 9.64 Å². The number of amides is 2. The zero-order chi connectivity index (χ0) is 24.2. The van der Waals surface area contributed by atoms with Crippen LogP contribution in [0.1, 0.15) is 84.0 Å². The molecule has 0 aliphatic carbocycles. The van der Waals surface area contributed by atoms with E-state index in [1.807, 2.05) is 24.3 Å². The van der Waals surface area contributed by atoms with Gasteiger partial charge in [-0.25, -0.2) is 0 Å². The second-order valence-corrected chi connectivity index (χ2v) is 9.93. The fourth-order valence-corrected chi connectivity index (χ4v) is 5.13. The molecule has 0 radical (unpaired) electrons. The van der Waals surface area contributed by atoms with Crippen molar-refractivity contribution < 1.29 is 14.3 Å². The molecule has 7 nitrogen and oxygen atoms in total. The lowest BCUT2D eigenvalue weighted by Crippen LogP contribution is -2.43. The third-order valence-electron chi connectivity index (χ3n) is 6.36. The van der Waals surface area contributed by atoms with Gasteiger partial charge in [0.2, 0.25) is 16.9 Å². The zero-order valence-corrected chi connectivity index (χ0v) is 21.4. The van der Waals surface area contributed by atoms with Crippen LogP contribution in [-0.2, 0) is 9.59 Å². The Morgan fingerprint density at radius 3 is 2.38 bits per heavy atom. The summed E-state index contributed by atoms with van der Waals surface area (Å²) in [4.78, 5) is 27.4. The maximum atomic E-state index is 12.9. The fourth-order valence-electron chi connectivity index (χ4n) is 4.38. The lowest BCUT2D eigenvalue weighted by atomic mass is 10.1. The first-order valence-electron chi connectivity index (χ1n) is 12.7. The zero-order valence-electron chi connectivity index (χ0n) is 20.6. The number of ether oxygens (including phenoxy) is 1. The highest BCUT2D eigenvalue weighted by atomic mass is 32.1. The molecule has 8 heteroatoms. The van der Waals surface area contributed by atoms with Crippen LogP contribution in [0.15, 0.2) is 24.3 Å². The predicted molar refractivity (Wildman–Crippen MR) is 137 cm³/mol. The van der Waals surface area contributed by atoms with Crippen molar-refractivity contribution in [2.45, 2.75) is 90.0 Å². The average molecular weight is 487 g/mol. The van der Waals surface area contributed by atoms with E-state index in [1.54, 1.807) is 12.0 Å². The Labute approximate surface area is 207 Å². The van der Waals surface area contributed by atoms with Crippen molar-refractivity contribution in [3.8, 4) is 16.3 Å². The number of nitrogens with zero attached hydrogens (tertiary/aromatic N) is 3. The molecule has 1 aromatic carbocycles. The first-order valence-corrected chi connectivity index (χ1v) is 13.5. The van der Waals surface area contributed by atoms with Gasteiger partial charge in [-0.15, -0.1) is 10.2 Å². The molecule has 34 heavy (non-hydrogen) atoms. The van der Waals surface area contributed by atoms with Crippen LogP contribution in [0.2, 0.25) is 0 Å². The Morgan fingerprint density at radius 1 is 1.03 bits per heavy atom. The maximum absolute atomic E-state index is 12.9. The van der Waals surface area contributed by atoms with Crippen molar-refractivity contribution in [3.63, 3.8) is 0 Å². The van der Waals surface area contributed by atoms with Crippen LogP contribution in [0.4, 0.5) is 5.13 Å². The molecular formula is C26H38N4O3S. The molecule has 2 amide bonds. The standard InChI is InChI=1S/C26H38N4O3S/c1-3-4-5-6-7-8-9-10-11-14-23(31)30-19-12-13-22(30)24(32)27-26-29-28-25(34-26)20-15-17-21(33-2)18-16-20/h15-18,22H,3-14,19H2,1-2H3,(H,27,29,32). The second kappa shape index (κ2) is 14.0. The number of likely N-dealkylation sites (tertiary alicyclic amines) is 1. The molecule has 1 fully saturated rings. The minimum absolute atomic E-state index is 0.0942. The van der Waals surface area contributed by atoms with E-state index in [0.29, 0.717) is 24.5 Å². The van der Waals surface area contributed by atoms with Gasteiger partial charge in [0.05, 0.1) is 7.11 Å². The molecule has 2 heterocycles. The summed E-state index contributed by atoms with van der Waals surface area (Å²) in [6, 6.07) is 7.14. The third kappa shape index (κ3) is 7.79. The number of rotatable bonds is 14. The first-order chi connectivity index (χ1) is 16.6. The lowest BCUT2D eigenvalue weighted by molar-refractivity contribution is -0.136. The summed E-state index contributed by atoms with van der Waals surface area (Å²) in [6.07, 6.45) is 13.1. The van der Waals surface area contributed by atoms with E-state index >= 15 is 0 Å². The number of methoxy groups -OCH3 is 1. The van der Waals surface area contributed by atoms with Crippen LogP contribution in [0, 0.1) is 0 Å². The van der Waals surface area contributed by atoms with Crippen molar-refractivity contribution >= 4 is 28.3 Å². The number of benzene rings is 1. The number of aromatic nitrogens is 2. The van der Waals surface area contributed by atoms with Crippen molar-refractivity contribution in [2.24, 2.45) is 0 Å². The molecular weight excluding hydrogens is 448 g/mol. The number of unbranched alkanes of at least 4 members (excludes halogenated alkanes) is 8. The Hall–Kier alpha value is -2.48. The molecule has 1 saturated heterocycles. The summed E-state index contributed by atoms with van der Waals surface area (Å²) in [5, 5.41) is 12.4. The van der Waals surface area contributed by atoms with E-state index in [-0.39, 0.29) is 11.8 Å². The van der Waals surface area contributed by atoms with Gasteiger partial charge in [-0.2, -0.15) is 0 Å². The van der Waals surface area contributed by atoms with Crippen LogP contribution in [0.3, 0.4) is 0 Å². The monoisotopic (exact) mass is 486 g/mol. The maximum Gasteiger partial charge on any atom is 0.249 e. The van der Waals surface area contributed by atoms with Gasteiger partial charge in [0.15, 0.2) is 0 Å². The van der Waals surface area contributed by atoms with Crippen LogP contribution in [-0.4, -0.2) is 46.6 Å². The van der Waals surface area contributed by atoms with Crippen LogP contribution >= 0.6 is 11.3 Å². The molecule has 1 unspecified atom stereocenters. The summed E-state index contributed by atoms with van der Waals surface area (Å²) in [6.45, 7) is 2.89. The fraction of sp³-hybridized carbons (Fsp3) is 0.615. The van der Waals surface area contributed by atoms with Crippen LogP contribution in [0.25, 0.3) is 10.6 Å². The smallest absolute Gasteiger partial charge is 0.249 e. The van der Waals surface area contributed by atoms with Crippen molar-refractivity contribution in [2.75, 3.05) is 19.0 Å². The molecule has 1 atom stereocenters. The number of hydrogen-bond acceptors (Lipinski definition) is 6. The number of hydrogen-bond donors (Lipinski definition) is 1. The number of carbonyl (C=O) groups excluding carboxylic acids is 2. The molecule has 0 spiro atoms. The third-order valence-corrected chi connectivity index (χ3v) is 7.25. The Kier molecular flexibility index (Phi) is 10.8. The molecule has 3 rings (SSSR count). The topological polar surface area (TPSA) is 84.4 Å². The summed E-state index contributed by atoms with van der Waals surface area (Å²) in [5.74, 6) is 0.697. The average Bonchev–Trinajstić information content (AvgIpc) is 3.53. The lowest BCUT2D eigenvalue weighted by Gasteiger charge is -2.23. The Balaban J connectivity index is 1.41. The van der Waals surface area contributed by atoms with Gasteiger partial charge in [-0.3, -0.25) is 14.9 Å². The van der Waals surface area contributed by atoms with Gasteiger partial charge in [0, 0.05) is 18.5 Å². The molecule has 2 aromatic rings. The highest BCUT2D eigenvalue weighted by molar-refractivity contribution is 7.18. The minimum atomic E-state index is -0.417. The summed E-state index contributed by atoms with van der Waals surface area (Å²) >= 11 is 1.33. The normalized spacial score (nSPS) is 15.5. The van der Waals surface area contributed by atoms with E-state index in [0.717, 1.165) is 35.6 Å². The van der Waals surface area contributed by atoms with Gasteiger partial charge in [0.1, 0.15) is 16.8 Å². The molecule has 186 valence electrons. The van der Waals surface area contributed by atoms with E-state index in [4.69, 9.17) is 4.74 Å². The van der Waals surface area contributed by atoms with Crippen LogP contribution < -0.4 is 10.1 Å². The predicted octanol–water partition coefficient (Wildman–Crippen LogP) is 6.06. The van der Waals surface area contributed by atoms with E-state index < -0.39 is 6.04 Å². The molecule has 1 N–H and O–H groups in total. The summed E-state index contributed by atoms with van der Waals surface area (Å²) in [5.41, 5.74) is 0.914. The number of nitrogens with one attached hydrogen (secondary N) is 1. The molecule has 1 aromatic heterocycles. The minimum Gasteiger partial charge on any atom is -0.497 e. The Bertz CT molecular complexity index is 900. The molecule has 0 saturated carbocycles. The van der Waals surface area contributed by atoms with Crippen molar-refractivity contribution in [3.05, 3.63) is 24.3 Å². The highest BCUT2D eigenvalue weighted by Gasteiger charge is 2.34. The SMILES string of the molecule is CCCCCCCCCCCC(=O)N1CCCC1C(=O)Nc1nnc(-c2ccc(OC)cc2)s1. The van der Waals surface area contributed by atoms with Gasteiger partial charge in [-0.05, 0) is 43.5 Å². The number of anilines is 1. The first kappa shape index (κ1) is 26.1. The Morgan fingerprint density at radius 2 is 1.71 bits per heavy atom. The van der Waals surface area contributed by atoms with Gasteiger partial charge >= 0.3 is 0 Å². The van der Waals surface area contributed by atoms with E-state index in [2.05, 4.69) is 22.4 Å². The molecule has 0 bridgehead atoms. The quantitative estimate of drug-likeness (QED) is 0.328.